The Morgan fingerprint density at radius 2 is 2.45 bits per heavy atom. The van der Waals surface area contributed by atoms with E-state index in [0.717, 1.165) is 4.68 Å². The first-order valence-corrected chi connectivity index (χ1v) is 2.99. The number of carbonyl (C=O) groups excluding carboxylic acids is 1. The molecule has 0 aromatic carbocycles. The molecule has 0 spiro atoms. The van der Waals surface area contributed by atoms with Gasteiger partial charge in [-0.05, 0) is 6.07 Å². The number of aldehydes is 1. The molecule has 1 rings (SSSR count). The summed E-state index contributed by atoms with van der Waals surface area (Å²) in [7, 11) is 0. The molecule has 0 amide bonds. The highest BCUT2D eigenvalue weighted by Gasteiger charge is 2.07. The van der Waals surface area contributed by atoms with Crippen molar-refractivity contribution in [2.45, 2.75) is 13.0 Å². The highest BCUT2D eigenvalue weighted by atomic mass is 19.3. The Labute approximate surface area is 61.6 Å². The maximum Gasteiger partial charge on any atom is 0.257 e. The molecule has 3 nitrogen and oxygen atoms in total. The largest absolute Gasteiger partial charge is 0.296 e. The van der Waals surface area contributed by atoms with Gasteiger partial charge in [-0.25, -0.2) is 8.78 Å². The zero-order valence-corrected chi connectivity index (χ0v) is 5.58. The molecule has 60 valence electrons. The summed E-state index contributed by atoms with van der Waals surface area (Å²) in [5.74, 6) is 0. The van der Waals surface area contributed by atoms with Gasteiger partial charge in [0.05, 0.1) is 0 Å². The molecule has 0 aliphatic rings. The standard InChI is InChI=1S/C6H6F2N2O/c7-6(8)3-10-5(4-11)1-2-9-10/h1-2,4,6H,3H2. The van der Waals surface area contributed by atoms with Crippen LogP contribution in [-0.2, 0) is 6.54 Å². The van der Waals surface area contributed by atoms with Gasteiger partial charge in [-0.1, -0.05) is 0 Å². The predicted molar refractivity (Wildman–Crippen MR) is 33.6 cm³/mol. The zero-order valence-electron chi connectivity index (χ0n) is 5.58. The van der Waals surface area contributed by atoms with Crippen LogP contribution in [0.15, 0.2) is 12.3 Å². The van der Waals surface area contributed by atoms with E-state index < -0.39 is 13.0 Å². The molecule has 0 aliphatic heterocycles. The average Bonchev–Trinajstić information content (AvgIpc) is 2.34. The van der Waals surface area contributed by atoms with Crippen LogP contribution in [0.4, 0.5) is 8.78 Å². The molecule has 0 fully saturated rings. The molecule has 0 unspecified atom stereocenters. The van der Waals surface area contributed by atoms with Crippen molar-refractivity contribution in [3.05, 3.63) is 18.0 Å². The molecule has 0 aliphatic carbocycles. The molecular weight excluding hydrogens is 154 g/mol. The fourth-order valence-corrected chi connectivity index (χ4v) is 0.726. The van der Waals surface area contributed by atoms with Crippen molar-refractivity contribution in [2.75, 3.05) is 0 Å². The van der Waals surface area contributed by atoms with E-state index in [1.165, 1.54) is 12.3 Å². The van der Waals surface area contributed by atoms with Gasteiger partial charge >= 0.3 is 0 Å². The van der Waals surface area contributed by atoms with E-state index in [1.807, 2.05) is 0 Å². The van der Waals surface area contributed by atoms with E-state index >= 15 is 0 Å². The number of hydrogen-bond acceptors (Lipinski definition) is 2. The molecule has 0 bridgehead atoms. The van der Waals surface area contributed by atoms with Crippen LogP contribution in [0.3, 0.4) is 0 Å². The molecule has 5 heteroatoms. The van der Waals surface area contributed by atoms with Crippen molar-refractivity contribution in [1.29, 1.82) is 0 Å². The van der Waals surface area contributed by atoms with Gasteiger partial charge in [0, 0.05) is 6.20 Å². The third kappa shape index (κ3) is 1.83. The number of carbonyl (C=O) groups is 1. The summed E-state index contributed by atoms with van der Waals surface area (Å²) in [4.78, 5) is 10.2. The maximum absolute atomic E-state index is 11.7. The van der Waals surface area contributed by atoms with Crippen LogP contribution >= 0.6 is 0 Å². The summed E-state index contributed by atoms with van der Waals surface area (Å²) in [6.07, 6.45) is -0.671. The van der Waals surface area contributed by atoms with Gasteiger partial charge in [0.1, 0.15) is 12.2 Å². The smallest absolute Gasteiger partial charge is 0.257 e. The lowest BCUT2D eigenvalue weighted by molar-refractivity contribution is 0.108. The molecule has 11 heavy (non-hydrogen) atoms. The molecule has 1 aromatic rings. The Kier molecular flexibility index (Phi) is 2.30. The fraction of sp³-hybridized carbons (Fsp3) is 0.333. The van der Waals surface area contributed by atoms with Crippen molar-refractivity contribution < 1.29 is 13.6 Å². The van der Waals surface area contributed by atoms with Crippen molar-refractivity contribution in [3.8, 4) is 0 Å². The van der Waals surface area contributed by atoms with Crippen molar-refractivity contribution in [1.82, 2.24) is 9.78 Å². The number of halogens is 2. The minimum Gasteiger partial charge on any atom is -0.296 e. The highest BCUT2D eigenvalue weighted by molar-refractivity contribution is 5.71. The summed E-state index contributed by atoms with van der Waals surface area (Å²) >= 11 is 0. The third-order valence-electron chi connectivity index (χ3n) is 1.18. The van der Waals surface area contributed by atoms with E-state index in [9.17, 15) is 13.6 Å². The van der Waals surface area contributed by atoms with Crippen LogP contribution in [0, 0.1) is 0 Å². The monoisotopic (exact) mass is 160 g/mol. The van der Waals surface area contributed by atoms with E-state index in [-0.39, 0.29) is 5.69 Å². The highest BCUT2D eigenvalue weighted by Crippen LogP contribution is 2.00. The lowest BCUT2D eigenvalue weighted by atomic mass is 10.5. The first kappa shape index (κ1) is 7.84. The van der Waals surface area contributed by atoms with E-state index in [4.69, 9.17) is 0 Å². The summed E-state index contributed by atoms with van der Waals surface area (Å²) in [6.45, 7) is -0.527. The summed E-state index contributed by atoms with van der Waals surface area (Å²) in [5.41, 5.74) is 0.172. The van der Waals surface area contributed by atoms with Crippen LogP contribution in [-0.4, -0.2) is 22.5 Å². The van der Waals surface area contributed by atoms with Crippen molar-refractivity contribution >= 4 is 6.29 Å². The number of nitrogens with zero attached hydrogens (tertiary/aromatic N) is 2. The summed E-state index contributed by atoms with van der Waals surface area (Å²) in [6, 6.07) is 1.38. The van der Waals surface area contributed by atoms with Gasteiger partial charge < -0.3 is 0 Å². The fourth-order valence-electron chi connectivity index (χ4n) is 0.726. The molecule has 1 heterocycles. The average molecular weight is 160 g/mol. The number of rotatable bonds is 3. The van der Waals surface area contributed by atoms with Crippen molar-refractivity contribution in [2.24, 2.45) is 0 Å². The Bertz CT molecular complexity index is 246. The van der Waals surface area contributed by atoms with Crippen LogP contribution < -0.4 is 0 Å². The maximum atomic E-state index is 11.7. The van der Waals surface area contributed by atoms with Gasteiger partial charge in [-0.15, -0.1) is 0 Å². The van der Waals surface area contributed by atoms with Crippen LogP contribution in [0.2, 0.25) is 0 Å². The second-order valence-electron chi connectivity index (χ2n) is 1.95. The zero-order chi connectivity index (χ0) is 8.27. The van der Waals surface area contributed by atoms with E-state index in [2.05, 4.69) is 5.10 Å². The van der Waals surface area contributed by atoms with Gasteiger partial charge in [0.2, 0.25) is 0 Å². The van der Waals surface area contributed by atoms with E-state index in [0.29, 0.717) is 6.29 Å². The normalized spacial score (nSPS) is 10.5. The molecule has 0 saturated heterocycles. The second-order valence-corrected chi connectivity index (χ2v) is 1.95. The quantitative estimate of drug-likeness (QED) is 0.617. The minimum atomic E-state index is -2.48. The van der Waals surface area contributed by atoms with Crippen molar-refractivity contribution in [3.63, 3.8) is 0 Å². The van der Waals surface area contributed by atoms with E-state index in [1.54, 1.807) is 0 Å². The summed E-state index contributed by atoms with van der Waals surface area (Å²) < 4.78 is 24.4. The molecule has 0 N–H and O–H groups in total. The first-order chi connectivity index (χ1) is 5.24. The SMILES string of the molecule is O=Cc1ccnn1CC(F)F. The van der Waals surface area contributed by atoms with Gasteiger partial charge in [0.15, 0.2) is 6.29 Å². The van der Waals surface area contributed by atoms with Crippen LogP contribution in [0.1, 0.15) is 10.5 Å². The lowest BCUT2D eigenvalue weighted by Gasteiger charge is -2.00. The van der Waals surface area contributed by atoms with Crippen LogP contribution in [0.25, 0.3) is 0 Å². The van der Waals surface area contributed by atoms with Gasteiger partial charge in [0.25, 0.3) is 6.43 Å². The molecule has 0 atom stereocenters. The molecule has 0 saturated carbocycles. The lowest BCUT2D eigenvalue weighted by Crippen LogP contribution is -2.10. The second kappa shape index (κ2) is 3.23. The molecule has 1 aromatic heterocycles. The Hall–Kier alpha value is -1.26. The predicted octanol–water partition coefficient (Wildman–Crippen LogP) is 0.961. The third-order valence-corrected chi connectivity index (χ3v) is 1.18. The van der Waals surface area contributed by atoms with Crippen LogP contribution in [0.5, 0.6) is 0 Å². The molecular formula is C6H6F2N2O. The topological polar surface area (TPSA) is 34.9 Å². The first-order valence-electron chi connectivity index (χ1n) is 2.99. The Morgan fingerprint density at radius 1 is 1.73 bits per heavy atom. The van der Waals surface area contributed by atoms with Gasteiger partial charge in [-0.3, -0.25) is 9.48 Å². The Morgan fingerprint density at radius 3 is 3.00 bits per heavy atom. The summed E-state index contributed by atoms with van der Waals surface area (Å²) in [5, 5.41) is 3.53. The van der Waals surface area contributed by atoms with Gasteiger partial charge in [-0.2, -0.15) is 5.10 Å². The number of alkyl halides is 2. The number of hydrogen-bond donors (Lipinski definition) is 0. The minimum absolute atomic E-state index is 0.172. The number of aromatic nitrogens is 2. The Balaban J connectivity index is 2.76. The molecule has 0 radical (unpaired) electrons.